The van der Waals surface area contributed by atoms with Crippen LogP contribution in [0, 0.1) is 0 Å². The maximum absolute atomic E-state index is 11.7. The molecule has 0 bridgehead atoms. The highest BCUT2D eigenvalue weighted by Crippen LogP contribution is 2.29. The van der Waals surface area contributed by atoms with Crippen molar-refractivity contribution in [2.24, 2.45) is 0 Å². The number of rotatable bonds is 4. The van der Waals surface area contributed by atoms with Crippen LogP contribution < -0.4 is 5.32 Å². The Hall–Kier alpha value is -2.04. The summed E-state index contributed by atoms with van der Waals surface area (Å²) in [6.07, 6.45) is 0. The number of benzene rings is 2. The van der Waals surface area contributed by atoms with Crippen LogP contribution in [0.5, 0.6) is 0 Å². The second kappa shape index (κ2) is 7.11. The number of carbonyl (C=O) groups is 2. The van der Waals surface area contributed by atoms with Crippen LogP contribution in [0.3, 0.4) is 0 Å². The Labute approximate surface area is 131 Å². The normalized spacial score (nSPS) is 10.0. The van der Waals surface area contributed by atoms with Gasteiger partial charge in [-0.15, -0.1) is 0 Å². The zero-order valence-corrected chi connectivity index (χ0v) is 12.3. The summed E-state index contributed by atoms with van der Waals surface area (Å²) in [5.41, 5.74) is 0.669. The molecule has 0 aliphatic rings. The predicted molar refractivity (Wildman–Crippen MR) is 81.8 cm³/mol. The van der Waals surface area contributed by atoms with Gasteiger partial charge in [-0.1, -0.05) is 47.5 Å². The van der Waals surface area contributed by atoms with E-state index in [1.807, 2.05) is 0 Å². The standard InChI is InChI=1S/C15H11Cl2NO3/c16-11-7-4-8-12(17)14(11)18-13(19)9-21-15(20)10-5-2-1-3-6-10/h1-8H,9H2,(H,18,19). The van der Waals surface area contributed by atoms with Crippen LogP contribution in [-0.2, 0) is 9.53 Å². The number of hydrogen-bond donors (Lipinski definition) is 1. The van der Waals surface area contributed by atoms with E-state index in [1.54, 1.807) is 48.5 Å². The Kier molecular flexibility index (Phi) is 5.20. The van der Waals surface area contributed by atoms with Gasteiger partial charge < -0.3 is 10.1 Å². The fraction of sp³-hybridized carbons (Fsp3) is 0.0667. The predicted octanol–water partition coefficient (Wildman–Crippen LogP) is 3.79. The van der Waals surface area contributed by atoms with E-state index < -0.39 is 18.5 Å². The molecule has 1 N–H and O–H groups in total. The first-order valence-electron chi connectivity index (χ1n) is 6.04. The molecule has 0 fully saturated rings. The van der Waals surface area contributed by atoms with Gasteiger partial charge in [0.1, 0.15) is 0 Å². The topological polar surface area (TPSA) is 55.4 Å². The zero-order valence-electron chi connectivity index (χ0n) is 10.8. The third-order valence-corrected chi connectivity index (χ3v) is 3.20. The third kappa shape index (κ3) is 4.21. The van der Waals surface area contributed by atoms with Gasteiger partial charge in [-0.3, -0.25) is 4.79 Å². The summed E-state index contributed by atoms with van der Waals surface area (Å²) in [5, 5.41) is 3.13. The number of para-hydroxylation sites is 1. The average molecular weight is 324 g/mol. The van der Waals surface area contributed by atoms with Crippen molar-refractivity contribution in [2.45, 2.75) is 0 Å². The first kappa shape index (κ1) is 15.4. The molecule has 6 heteroatoms. The lowest BCUT2D eigenvalue weighted by molar-refractivity contribution is -0.119. The minimum Gasteiger partial charge on any atom is -0.452 e. The fourth-order valence-electron chi connectivity index (χ4n) is 1.58. The molecule has 2 aromatic carbocycles. The number of esters is 1. The van der Waals surface area contributed by atoms with Gasteiger partial charge in [0.15, 0.2) is 6.61 Å². The highest BCUT2D eigenvalue weighted by molar-refractivity contribution is 6.39. The van der Waals surface area contributed by atoms with Crippen LogP contribution in [0.1, 0.15) is 10.4 Å². The molecule has 0 atom stereocenters. The number of halogens is 2. The lowest BCUT2D eigenvalue weighted by Crippen LogP contribution is -2.21. The monoisotopic (exact) mass is 323 g/mol. The lowest BCUT2D eigenvalue weighted by atomic mass is 10.2. The first-order valence-corrected chi connectivity index (χ1v) is 6.79. The summed E-state index contributed by atoms with van der Waals surface area (Å²) < 4.78 is 4.90. The summed E-state index contributed by atoms with van der Waals surface area (Å²) in [6.45, 7) is -0.421. The SMILES string of the molecule is O=C(COC(=O)c1ccccc1)Nc1c(Cl)cccc1Cl. The summed E-state index contributed by atoms with van der Waals surface area (Å²) in [5.74, 6) is -1.09. The summed E-state index contributed by atoms with van der Waals surface area (Å²) in [4.78, 5) is 23.4. The Morgan fingerprint density at radius 2 is 1.57 bits per heavy atom. The van der Waals surface area contributed by atoms with E-state index >= 15 is 0 Å². The Morgan fingerprint density at radius 1 is 0.952 bits per heavy atom. The van der Waals surface area contributed by atoms with Crippen LogP contribution in [0.4, 0.5) is 5.69 Å². The molecular weight excluding hydrogens is 313 g/mol. The van der Waals surface area contributed by atoms with Gasteiger partial charge in [-0.2, -0.15) is 0 Å². The van der Waals surface area contributed by atoms with Crippen LogP contribution >= 0.6 is 23.2 Å². The molecule has 21 heavy (non-hydrogen) atoms. The van der Waals surface area contributed by atoms with E-state index in [9.17, 15) is 9.59 Å². The minimum absolute atomic E-state index is 0.293. The largest absolute Gasteiger partial charge is 0.452 e. The summed E-state index contributed by atoms with van der Waals surface area (Å²) in [7, 11) is 0. The Morgan fingerprint density at radius 3 is 2.19 bits per heavy atom. The smallest absolute Gasteiger partial charge is 0.338 e. The van der Waals surface area contributed by atoms with E-state index in [2.05, 4.69) is 5.32 Å². The van der Waals surface area contributed by atoms with Gasteiger partial charge in [-0.05, 0) is 24.3 Å². The maximum atomic E-state index is 11.7. The van der Waals surface area contributed by atoms with Crippen molar-refractivity contribution in [1.82, 2.24) is 0 Å². The fourth-order valence-corrected chi connectivity index (χ4v) is 2.07. The van der Waals surface area contributed by atoms with Crippen molar-refractivity contribution < 1.29 is 14.3 Å². The molecule has 0 aliphatic heterocycles. The molecule has 0 spiro atoms. The molecule has 0 saturated heterocycles. The van der Waals surface area contributed by atoms with Gasteiger partial charge in [0.05, 0.1) is 21.3 Å². The highest BCUT2D eigenvalue weighted by Gasteiger charge is 2.12. The molecule has 0 heterocycles. The van der Waals surface area contributed by atoms with Crippen molar-refractivity contribution in [3.8, 4) is 0 Å². The zero-order chi connectivity index (χ0) is 15.2. The minimum atomic E-state index is -0.573. The highest BCUT2D eigenvalue weighted by atomic mass is 35.5. The second-order valence-corrected chi connectivity index (χ2v) is 4.90. The van der Waals surface area contributed by atoms with Gasteiger partial charge in [0, 0.05) is 0 Å². The molecule has 1 amide bonds. The maximum Gasteiger partial charge on any atom is 0.338 e. The van der Waals surface area contributed by atoms with Crippen LogP contribution in [0.25, 0.3) is 0 Å². The van der Waals surface area contributed by atoms with Crippen molar-refractivity contribution in [3.63, 3.8) is 0 Å². The van der Waals surface area contributed by atoms with Crippen LogP contribution in [0.2, 0.25) is 10.0 Å². The van der Waals surface area contributed by atoms with E-state index in [-0.39, 0.29) is 0 Å². The average Bonchev–Trinajstić information content (AvgIpc) is 2.49. The summed E-state index contributed by atoms with van der Waals surface area (Å²) in [6, 6.07) is 13.3. The number of anilines is 1. The van der Waals surface area contributed by atoms with Crippen LogP contribution in [0.15, 0.2) is 48.5 Å². The molecular formula is C15H11Cl2NO3. The Bertz CT molecular complexity index is 639. The quantitative estimate of drug-likeness (QED) is 0.871. The number of nitrogens with one attached hydrogen (secondary N) is 1. The third-order valence-electron chi connectivity index (χ3n) is 2.57. The molecule has 0 saturated carbocycles. The van der Waals surface area contributed by atoms with Gasteiger partial charge in [0.2, 0.25) is 0 Å². The molecule has 0 aromatic heterocycles. The van der Waals surface area contributed by atoms with E-state index in [0.717, 1.165) is 0 Å². The number of carbonyl (C=O) groups excluding carboxylic acids is 2. The molecule has 4 nitrogen and oxygen atoms in total. The van der Waals surface area contributed by atoms with Crippen molar-refractivity contribution in [3.05, 3.63) is 64.1 Å². The molecule has 0 aliphatic carbocycles. The van der Waals surface area contributed by atoms with Crippen molar-refractivity contribution >= 4 is 40.8 Å². The number of amides is 1. The van der Waals surface area contributed by atoms with Gasteiger partial charge in [-0.25, -0.2) is 4.79 Å². The number of ether oxygens (including phenoxy) is 1. The number of hydrogen-bond acceptors (Lipinski definition) is 3. The second-order valence-electron chi connectivity index (χ2n) is 4.09. The van der Waals surface area contributed by atoms with Crippen molar-refractivity contribution in [1.29, 1.82) is 0 Å². The molecule has 0 unspecified atom stereocenters. The molecule has 2 rings (SSSR count). The molecule has 2 aromatic rings. The van der Waals surface area contributed by atoms with Gasteiger partial charge >= 0.3 is 5.97 Å². The van der Waals surface area contributed by atoms with E-state index in [4.69, 9.17) is 27.9 Å². The Balaban J connectivity index is 1.92. The van der Waals surface area contributed by atoms with Gasteiger partial charge in [0.25, 0.3) is 5.91 Å². The van der Waals surface area contributed by atoms with E-state index in [1.165, 1.54) is 0 Å². The first-order chi connectivity index (χ1) is 10.1. The molecule has 0 radical (unpaired) electrons. The van der Waals surface area contributed by atoms with E-state index in [0.29, 0.717) is 21.3 Å². The van der Waals surface area contributed by atoms with Crippen LogP contribution in [-0.4, -0.2) is 18.5 Å². The molecule has 108 valence electrons. The van der Waals surface area contributed by atoms with Crippen molar-refractivity contribution in [2.75, 3.05) is 11.9 Å². The summed E-state index contributed by atoms with van der Waals surface area (Å²) >= 11 is 11.9. The lowest BCUT2D eigenvalue weighted by Gasteiger charge is -2.09.